The van der Waals surface area contributed by atoms with E-state index in [0.29, 0.717) is 47.2 Å². The molecule has 2 N–H and O–H groups in total. The summed E-state index contributed by atoms with van der Waals surface area (Å²) in [5.74, 6) is 0.883. The number of ether oxygens (including phenoxy) is 4. The van der Waals surface area contributed by atoms with Crippen LogP contribution in [-0.2, 0) is 0 Å². The first-order chi connectivity index (χ1) is 20.7. The third kappa shape index (κ3) is 5.89. The summed E-state index contributed by atoms with van der Waals surface area (Å²) in [5, 5.41) is 10.9. The van der Waals surface area contributed by atoms with Crippen molar-refractivity contribution in [2.45, 2.75) is 59.8 Å². The molecule has 8 nitrogen and oxygen atoms in total. The van der Waals surface area contributed by atoms with Gasteiger partial charge in [0.05, 0.1) is 19.1 Å². The first kappa shape index (κ1) is 29.6. The van der Waals surface area contributed by atoms with Crippen molar-refractivity contribution in [3.05, 3.63) is 93.6 Å². The van der Waals surface area contributed by atoms with Crippen LogP contribution in [0.1, 0.15) is 77.4 Å². The van der Waals surface area contributed by atoms with Gasteiger partial charge in [0.15, 0.2) is 11.5 Å². The lowest BCUT2D eigenvalue weighted by molar-refractivity contribution is 0.0702. The maximum atomic E-state index is 13.2. The molecule has 1 unspecified atom stereocenters. The fraction of sp³-hybridized carbons (Fsp3) is 0.314. The Morgan fingerprint density at radius 3 is 2.51 bits per heavy atom. The van der Waals surface area contributed by atoms with Gasteiger partial charge in [-0.2, -0.15) is 5.26 Å². The number of hydrogen-bond acceptors (Lipinski definition) is 8. The molecule has 0 saturated heterocycles. The van der Waals surface area contributed by atoms with Gasteiger partial charge in [0.25, 0.3) is 0 Å². The molecular weight excluding hydrogens is 544 g/mol. The SMILES string of the molecule is CCCCCOc1ccc(C2C(C#N)=C(N)Oc3cc(OC(=O)c4oc5cc(C)c(C)cc5c4C)ccc32)cc1OCC. The molecule has 1 aliphatic heterocycles. The van der Waals surface area contributed by atoms with Crippen LogP contribution in [0.4, 0.5) is 0 Å². The van der Waals surface area contributed by atoms with Crippen molar-refractivity contribution in [2.75, 3.05) is 13.2 Å². The second-order valence-electron chi connectivity index (χ2n) is 10.7. The number of nitrogens with two attached hydrogens (primary N) is 1. The fourth-order valence-electron chi connectivity index (χ4n) is 5.29. The van der Waals surface area contributed by atoms with E-state index in [9.17, 15) is 10.1 Å². The molecule has 1 atom stereocenters. The zero-order chi connectivity index (χ0) is 30.7. The van der Waals surface area contributed by atoms with Gasteiger partial charge < -0.3 is 29.1 Å². The second kappa shape index (κ2) is 12.5. The van der Waals surface area contributed by atoms with E-state index in [1.54, 1.807) is 18.2 Å². The molecule has 1 aliphatic rings. The van der Waals surface area contributed by atoms with Gasteiger partial charge in [0.2, 0.25) is 11.6 Å². The summed E-state index contributed by atoms with van der Waals surface area (Å²) in [6.45, 7) is 11.0. The van der Waals surface area contributed by atoms with Gasteiger partial charge in [0.1, 0.15) is 28.7 Å². The normalized spacial score (nSPS) is 14.2. The predicted octanol–water partition coefficient (Wildman–Crippen LogP) is 7.76. The van der Waals surface area contributed by atoms with Crippen molar-refractivity contribution in [2.24, 2.45) is 5.73 Å². The Morgan fingerprint density at radius 1 is 0.977 bits per heavy atom. The number of carbonyl (C=O) groups is 1. The molecule has 3 aromatic carbocycles. The van der Waals surface area contributed by atoms with Gasteiger partial charge in [-0.25, -0.2) is 4.79 Å². The standard InChI is InChI=1S/C35H36N2O6/c1-6-8-9-14-40-28-13-10-23(17-31(28)39-7-2)32-25-12-11-24(18-30(25)43-34(37)27(32)19-36)41-35(38)33-22(5)26-15-20(3)21(4)16-29(26)42-33/h10-13,15-18,32H,6-9,14,37H2,1-5H3. The van der Waals surface area contributed by atoms with Crippen LogP contribution in [0.3, 0.4) is 0 Å². The van der Waals surface area contributed by atoms with Crippen molar-refractivity contribution < 1.29 is 28.2 Å². The Balaban J connectivity index is 1.45. The highest BCUT2D eigenvalue weighted by Gasteiger charge is 2.32. The molecule has 8 heteroatoms. The third-order valence-corrected chi connectivity index (χ3v) is 7.75. The number of benzene rings is 3. The molecule has 0 bridgehead atoms. The van der Waals surface area contributed by atoms with Crippen LogP contribution in [0.15, 0.2) is 64.4 Å². The van der Waals surface area contributed by atoms with Gasteiger partial charge in [-0.15, -0.1) is 0 Å². The van der Waals surface area contributed by atoms with Crippen molar-refractivity contribution >= 4 is 16.9 Å². The summed E-state index contributed by atoms with van der Waals surface area (Å²) in [6, 6.07) is 16.8. The highest BCUT2D eigenvalue weighted by molar-refractivity contribution is 5.97. The maximum absolute atomic E-state index is 13.2. The molecule has 0 fully saturated rings. The summed E-state index contributed by atoms with van der Waals surface area (Å²) in [7, 11) is 0. The Hall–Kier alpha value is -4.90. The van der Waals surface area contributed by atoms with Crippen molar-refractivity contribution in [1.82, 2.24) is 0 Å². The number of furan rings is 1. The van der Waals surface area contributed by atoms with Crippen molar-refractivity contribution in [3.8, 4) is 29.1 Å². The predicted molar refractivity (Wildman–Crippen MR) is 164 cm³/mol. The smallest absolute Gasteiger partial charge is 0.379 e. The first-order valence-corrected chi connectivity index (χ1v) is 14.6. The molecule has 0 aliphatic carbocycles. The summed E-state index contributed by atoms with van der Waals surface area (Å²) >= 11 is 0. The quantitative estimate of drug-likeness (QED) is 0.115. The summed E-state index contributed by atoms with van der Waals surface area (Å²) in [6.07, 6.45) is 3.15. The van der Waals surface area contributed by atoms with Crippen molar-refractivity contribution in [1.29, 1.82) is 5.26 Å². The number of esters is 1. The van der Waals surface area contributed by atoms with Crippen LogP contribution in [-0.4, -0.2) is 19.2 Å². The van der Waals surface area contributed by atoms with Crippen LogP contribution in [0.25, 0.3) is 11.0 Å². The number of rotatable bonds is 10. The first-order valence-electron chi connectivity index (χ1n) is 14.6. The van der Waals surface area contributed by atoms with Gasteiger partial charge in [-0.1, -0.05) is 31.9 Å². The molecular formula is C35H36N2O6. The van der Waals surface area contributed by atoms with Crippen LogP contribution >= 0.6 is 0 Å². The van der Waals surface area contributed by atoms with E-state index in [0.717, 1.165) is 41.3 Å². The van der Waals surface area contributed by atoms with E-state index in [1.807, 2.05) is 58.0 Å². The molecule has 0 amide bonds. The van der Waals surface area contributed by atoms with Crippen LogP contribution in [0.5, 0.6) is 23.0 Å². The number of hydrogen-bond donors (Lipinski definition) is 1. The topological polar surface area (TPSA) is 117 Å². The van der Waals surface area contributed by atoms with Gasteiger partial charge in [-0.05, 0) is 81.1 Å². The number of unbranched alkanes of at least 4 members (excludes halogenated alkanes) is 2. The lowest BCUT2D eigenvalue weighted by atomic mass is 9.83. The van der Waals surface area contributed by atoms with E-state index in [4.69, 9.17) is 29.1 Å². The van der Waals surface area contributed by atoms with Crippen LogP contribution in [0, 0.1) is 32.1 Å². The molecule has 4 aromatic rings. The van der Waals surface area contributed by atoms with Gasteiger partial charge in [-0.3, -0.25) is 0 Å². The zero-order valence-corrected chi connectivity index (χ0v) is 25.2. The third-order valence-electron chi connectivity index (χ3n) is 7.75. The molecule has 222 valence electrons. The Morgan fingerprint density at radius 2 is 1.77 bits per heavy atom. The number of aryl methyl sites for hydroxylation is 3. The zero-order valence-electron chi connectivity index (χ0n) is 25.2. The summed E-state index contributed by atoms with van der Waals surface area (Å²) in [5.41, 5.74) is 11.6. The Kier molecular flexibility index (Phi) is 8.63. The van der Waals surface area contributed by atoms with E-state index in [1.165, 1.54) is 0 Å². The van der Waals surface area contributed by atoms with Crippen LogP contribution < -0.4 is 24.7 Å². The van der Waals surface area contributed by atoms with E-state index in [2.05, 4.69) is 13.0 Å². The van der Waals surface area contributed by atoms with Crippen LogP contribution in [0.2, 0.25) is 0 Å². The highest BCUT2D eigenvalue weighted by Crippen LogP contribution is 2.45. The minimum absolute atomic E-state index is 0.0137. The molecule has 0 saturated carbocycles. The van der Waals surface area contributed by atoms with E-state index in [-0.39, 0.29) is 23.0 Å². The molecule has 0 spiro atoms. The number of allylic oxidation sites excluding steroid dienone is 1. The highest BCUT2D eigenvalue weighted by atomic mass is 16.5. The number of nitrogens with zero attached hydrogens (tertiary/aromatic N) is 1. The Labute approximate surface area is 251 Å². The average molecular weight is 581 g/mol. The lowest BCUT2D eigenvalue weighted by Gasteiger charge is -2.27. The van der Waals surface area contributed by atoms with E-state index >= 15 is 0 Å². The number of fused-ring (bicyclic) bond motifs is 2. The molecule has 1 aromatic heterocycles. The minimum Gasteiger partial charge on any atom is -0.490 e. The summed E-state index contributed by atoms with van der Waals surface area (Å²) in [4.78, 5) is 13.2. The molecule has 5 rings (SSSR count). The average Bonchev–Trinajstić information content (AvgIpc) is 3.30. The largest absolute Gasteiger partial charge is 0.490 e. The fourth-order valence-corrected chi connectivity index (χ4v) is 5.29. The molecule has 43 heavy (non-hydrogen) atoms. The monoisotopic (exact) mass is 580 g/mol. The molecule has 0 radical (unpaired) electrons. The van der Waals surface area contributed by atoms with Gasteiger partial charge >= 0.3 is 5.97 Å². The number of carbonyl (C=O) groups excluding carboxylic acids is 1. The maximum Gasteiger partial charge on any atom is 0.379 e. The second-order valence-corrected chi connectivity index (χ2v) is 10.7. The Bertz CT molecular complexity index is 1760. The number of nitriles is 1. The summed E-state index contributed by atoms with van der Waals surface area (Å²) < 4.78 is 29.4. The lowest BCUT2D eigenvalue weighted by Crippen LogP contribution is -2.21. The van der Waals surface area contributed by atoms with Gasteiger partial charge in [0, 0.05) is 22.6 Å². The van der Waals surface area contributed by atoms with Crippen molar-refractivity contribution in [3.63, 3.8) is 0 Å². The minimum atomic E-state index is -0.617. The molecule has 2 heterocycles. The van der Waals surface area contributed by atoms with E-state index < -0.39 is 11.9 Å².